The number of amides is 3. The number of aryl methyl sites for hydroxylation is 1. The number of nitrogens with one attached hydrogen (secondary N) is 4. The number of hydrogen-bond acceptors (Lipinski definition) is 22. The number of anilines is 2. The Balaban J connectivity index is 1.02. The number of phosphoric ester groups is 1. The van der Waals surface area contributed by atoms with Crippen molar-refractivity contribution < 1.29 is 110 Å². The smallest absolute Gasteiger partial charge is 0.453 e. The fraction of sp³-hybridized carbons (Fsp3) is 0.372. The highest BCUT2D eigenvalue weighted by molar-refractivity contribution is 7.86. The minimum atomic E-state index is -5.97. The third-order valence-corrected chi connectivity index (χ3v) is 17.6. The standard InChI is InChI=1S/C43H53N10O24P3S2/c1-5-45-26-15-13-24-30(25-14-16-27(46-6-2)37(82(69,70)71)34(25)74-33(24)36(26)81(66,67)68)22-10-7-8-11-23(22)40(57)51(3)19-9-12-29(54)47-17-18-48-43(58)75-35-28(20-72-79(62,63)77-80(64,65)76-78(59,60)61)73-41(32(35)55)53-21-52(4)31-38(53)49-42(44)50-39(31)56/h7-8,10-11,13-16,21,28,32,35,41,55H,5-6,9,12,17-20H2,1-4H3,(H11-,44,45,46,47,48,49,50,54,56,58,59,60,61,62,63,64,65,66,67,68,69,70,71)/p+1/t28-,32-,35-,41-/m1/s1. The van der Waals surface area contributed by atoms with Crippen LogP contribution in [0.4, 0.5) is 16.4 Å². The van der Waals surface area contributed by atoms with Gasteiger partial charge in [0.2, 0.25) is 17.7 Å². The number of ether oxygens (including phenoxy) is 2. The predicted molar refractivity (Wildman–Crippen MR) is 281 cm³/mol. The normalized spacial score (nSPS) is 18.5. The molecule has 7 rings (SSSR count). The molecule has 82 heavy (non-hydrogen) atoms. The van der Waals surface area contributed by atoms with Crippen LogP contribution in [-0.4, -0.2) is 153 Å². The summed E-state index contributed by atoms with van der Waals surface area (Å²) in [6.45, 7) is 1.72. The number of phosphoric acid groups is 3. The molecule has 0 saturated carbocycles. The maximum absolute atomic E-state index is 14.3. The van der Waals surface area contributed by atoms with Crippen molar-refractivity contribution in [2.45, 2.75) is 61.0 Å². The summed E-state index contributed by atoms with van der Waals surface area (Å²) in [7, 11) is -24.9. The Bertz CT molecular complexity index is 3970. The Labute approximate surface area is 463 Å². The van der Waals surface area contributed by atoms with Crippen LogP contribution < -0.4 is 37.2 Å². The van der Waals surface area contributed by atoms with Gasteiger partial charge in [0, 0.05) is 68.3 Å². The molecule has 3 amide bonds. The number of aliphatic hydroxyl groups is 1. The molecule has 0 spiro atoms. The van der Waals surface area contributed by atoms with Crippen molar-refractivity contribution in [1.29, 1.82) is 0 Å². The molecule has 1 saturated heterocycles. The average molecular weight is 1250 g/mol. The highest BCUT2D eigenvalue weighted by Gasteiger charge is 2.52. The van der Waals surface area contributed by atoms with Gasteiger partial charge < -0.3 is 65.2 Å². The number of rotatable bonds is 23. The van der Waals surface area contributed by atoms with E-state index in [0.717, 1.165) is 4.57 Å². The number of alkyl carbamates (subject to hydrolysis) is 1. The van der Waals surface area contributed by atoms with Crippen LogP contribution in [0.15, 0.2) is 78.9 Å². The maximum Gasteiger partial charge on any atom is 0.490 e. The summed E-state index contributed by atoms with van der Waals surface area (Å²) in [4.78, 5) is 101. The minimum absolute atomic E-state index is 0.00505. The number of imidazole rings is 1. The number of nitrogens with two attached hydrogens (primary N) is 1. The SMILES string of the molecule is CCN=c1ccc2c(-c3ccccc3C(=O)N(C)CCCC(=O)NCCNC(=O)O[C@H]3[C@@H](O)[C@H]([n+]4cn(C)c5c(=O)[nH]c(N)nc54)O[C@@H]3COP(=O)(O)OP(=O)(O)OP(=O)(O)O)c3ccc(NCC)c(S(=O)(=O)O)c3oc-2c1S(=O)(=O)O. The van der Waals surface area contributed by atoms with Crippen LogP contribution in [0, 0.1) is 0 Å². The number of carbonyl (C=O) groups is 3. The molecule has 2 aromatic heterocycles. The highest BCUT2D eigenvalue weighted by atomic mass is 32.2. The summed E-state index contributed by atoms with van der Waals surface area (Å²) in [5.74, 6) is -2.05. The van der Waals surface area contributed by atoms with Gasteiger partial charge in [-0.15, -0.1) is 0 Å². The second kappa shape index (κ2) is 24.7. The first-order valence-corrected chi connectivity index (χ1v) is 31.4. The zero-order valence-electron chi connectivity index (χ0n) is 43.2. The zero-order valence-corrected chi connectivity index (χ0v) is 47.5. The van der Waals surface area contributed by atoms with Crippen LogP contribution in [0.2, 0.25) is 0 Å². The molecule has 39 heteroatoms. The van der Waals surface area contributed by atoms with E-state index in [-0.39, 0.29) is 101 Å². The summed E-state index contributed by atoms with van der Waals surface area (Å²) in [5, 5.41) is 18.9. The van der Waals surface area contributed by atoms with Crippen LogP contribution in [-0.2, 0) is 68.4 Å². The fourth-order valence-electron chi connectivity index (χ4n) is 8.83. The summed E-state index contributed by atoms with van der Waals surface area (Å²) in [6.07, 6.45) is -7.29. The van der Waals surface area contributed by atoms with E-state index < -0.39 is 119 Å². The van der Waals surface area contributed by atoms with Crippen molar-refractivity contribution in [3.05, 3.63) is 76.1 Å². The molecular formula is C43H54N10O24P3S2+. The number of hydrogen-bond donors (Lipinski definition) is 12. The monoisotopic (exact) mass is 1250 g/mol. The van der Waals surface area contributed by atoms with Crippen molar-refractivity contribution in [3.63, 3.8) is 0 Å². The summed E-state index contributed by atoms with van der Waals surface area (Å²) < 4.78 is 141. The number of aliphatic hydroxyl groups excluding tert-OH is 1. The molecule has 4 heterocycles. The van der Waals surface area contributed by atoms with E-state index in [9.17, 15) is 73.7 Å². The number of nitrogens with zero attached hydrogens (tertiary/aromatic N) is 5. The fourth-order valence-corrected chi connectivity index (χ4v) is 13.4. The van der Waals surface area contributed by atoms with E-state index in [1.165, 1.54) is 72.4 Å². The van der Waals surface area contributed by atoms with Crippen molar-refractivity contribution in [2.24, 2.45) is 12.0 Å². The molecule has 34 nitrogen and oxygen atoms in total. The van der Waals surface area contributed by atoms with Gasteiger partial charge in [0.25, 0.3) is 37.7 Å². The third-order valence-electron chi connectivity index (χ3n) is 12.0. The lowest BCUT2D eigenvalue weighted by Gasteiger charge is -2.23. The topological polar surface area (TPSA) is 504 Å². The predicted octanol–water partition coefficient (Wildman–Crippen LogP) is 0.860. The Morgan fingerprint density at radius 1 is 0.939 bits per heavy atom. The minimum Gasteiger partial charge on any atom is -0.453 e. The first-order valence-electron chi connectivity index (χ1n) is 24.0. The van der Waals surface area contributed by atoms with Crippen LogP contribution in [0.1, 0.15) is 43.3 Å². The lowest BCUT2D eigenvalue weighted by atomic mass is 9.90. The Morgan fingerprint density at radius 3 is 2.28 bits per heavy atom. The molecule has 0 bridgehead atoms. The quantitative estimate of drug-likeness (QED) is 0.0139. The first kappa shape index (κ1) is 63.0. The molecule has 13 N–H and O–H groups in total. The van der Waals surface area contributed by atoms with E-state index in [0.29, 0.717) is 0 Å². The van der Waals surface area contributed by atoms with Gasteiger partial charge in [-0.25, -0.2) is 23.1 Å². The lowest BCUT2D eigenvalue weighted by Crippen LogP contribution is -2.47. The van der Waals surface area contributed by atoms with E-state index >= 15 is 0 Å². The van der Waals surface area contributed by atoms with Crippen LogP contribution in [0.3, 0.4) is 0 Å². The van der Waals surface area contributed by atoms with Crippen molar-refractivity contribution in [2.75, 3.05) is 57.4 Å². The molecule has 2 unspecified atom stereocenters. The first-order chi connectivity index (χ1) is 38.3. The molecule has 446 valence electrons. The van der Waals surface area contributed by atoms with Crippen molar-refractivity contribution in [3.8, 4) is 22.5 Å². The van der Waals surface area contributed by atoms with Gasteiger partial charge in [-0.05, 0) is 56.2 Å². The molecule has 2 aliphatic heterocycles. The number of benzene rings is 3. The van der Waals surface area contributed by atoms with Crippen molar-refractivity contribution in [1.82, 2.24) is 30.1 Å². The molecule has 0 radical (unpaired) electrons. The third kappa shape index (κ3) is 14.4. The summed E-state index contributed by atoms with van der Waals surface area (Å²) in [6, 6.07) is 11.6. The molecule has 1 aliphatic carbocycles. The number of nitrogen functional groups attached to an aromatic ring is 1. The Kier molecular flexibility index (Phi) is 19.0. The summed E-state index contributed by atoms with van der Waals surface area (Å²) >= 11 is 0. The number of aromatic nitrogens is 4. The van der Waals surface area contributed by atoms with Gasteiger partial charge in [0.1, 0.15) is 6.10 Å². The second-order valence-electron chi connectivity index (χ2n) is 17.8. The van der Waals surface area contributed by atoms with Gasteiger partial charge >= 0.3 is 35.2 Å². The molecule has 6 atom stereocenters. The largest absolute Gasteiger partial charge is 0.490 e. The molecule has 1 fully saturated rings. The van der Waals surface area contributed by atoms with Gasteiger partial charge in [0.15, 0.2) is 39.7 Å². The van der Waals surface area contributed by atoms with Gasteiger partial charge in [-0.1, -0.05) is 23.2 Å². The molecular weight excluding hydrogens is 1200 g/mol. The van der Waals surface area contributed by atoms with E-state index in [1.807, 2.05) is 0 Å². The Hall–Kier alpha value is -6.56. The highest BCUT2D eigenvalue weighted by Crippen LogP contribution is 2.66. The van der Waals surface area contributed by atoms with Crippen molar-refractivity contribution >= 4 is 95.4 Å². The lowest BCUT2D eigenvalue weighted by molar-refractivity contribution is -0.745. The van der Waals surface area contributed by atoms with Gasteiger partial charge in [0.05, 0.1) is 24.7 Å². The van der Waals surface area contributed by atoms with Crippen LogP contribution >= 0.6 is 23.5 Å². The van der Waals surface area contributed by atoms with Crippen LogP contribution in [0.25, 0.3) is 44.6 Å². The van der Waals surface area contributed by atoms with Gasteiger partial charge in [-0.3, -0.25) is 42.6 Å². The zero-order chi connectivity index (χ0) is 60.4. The Morgan fingerprint density at radius 2 is 1.62 bits per heavy atom. The molecule has 4 aromatic rings. The van der Waals surface area contributed by atoms with E-state index in [2.05, 4.69) is 44.1 Å². The second-order valence-corrected chi connectivity index (χ2v) is 24.9. The van der Waals surface area contributed by atoms with E-state index in [1.54, 1.807) is 19.9 Å². The molecule has 3 aliphatic rings. The average Bonchev–Trinajstić information content (AvgIpc) is 1.09. The number of H-pyrrole nitrogens is 1. The van der Waals surface area contributed by atoms with Gasteiger partial charge in [-0.2, -0.15) is 25.5 Å². The number of aromatic amines is 1. The maximum atomic E-state index is 14.3. The number of carbonyl (C=O) groups excluding carboxylic acids is 3. The van der Waals surface area contributed by atoms with E-state index in [4.69, 9.17) is 29.4 Å². The number of fused-ring (bicyclic) bond motifs is 3. The summed E-state index contributed by atoms with van der Waals surface area (Å²) in [5.41, 5.74) is 4.40. The van der Waals surface area contributed by atoms with Crippen LogP contribution in [0.5, 0.6) is 0 Å². The molecule has 2 aromatic carbocycles.